The normalized spacial score (nSPS) is 21.9. The molecule has 2 unspecified atom stereocenters. The number of amides is 3. The molecule has 0 radical (unpaired) electrons. The Balaban J connectivity index is 1.98. The zero-order valence-electron chi connectivity index (χ0n) is 10.6. The lowest BCUT2D eigenvalue weighted by Gasteiger charge is -2.11. The molecule has 6 nitrogen and oxygen atoms in total. The van der Waals surface area contributed by atoms with Gasteiger partial charge in [-0.1, -0.05) is 6.07 Å². The molecule has 19 heavy (non-hydrogen) atoms. The minimum atomic E-state index is -0.634. The summed E-state index contributed by atoms with van der Waals surface area (Å²) in [6, 6.07) is 6.35. The van der Waals surface area contributed by atoms with Crippen LogP contribution in [0, 0.1) is 5.92 Å². The third-order valence-corrected chi connectivity index (χ3v) is 3.24. The molecule has 6 heteroatoms. The predicted octanol–water partition coefficient (Wildman–Crippen LogP) is 1.24. The van der Waals surface area contributed by atoms with Crippen molar-refractivity contribution in [2.75, 3.05) is 10.6 Å². The van der Waals surface area contributed by atoms with Crippen molar-refractivity contribution in [3.63, 3.8) is 0 Å². The number of carbonyl (C=O) groups excluding carboxylic acids is 2. The zero-order valence-corrected chi connectivity index (χ0v) is 10.6. The van der Waals surface area contributed by atoms with Crippen molar-refractivity contribution in [2.24, 2.45) is 17.4 Å². The first-order valence-corrected chi connectivity index (χ1v) is 6.27. The van der Waals surface area contributed by atoms with E-state index in [0.717, 1.165) is 19.3 Å². The first-order valence-electron chi connectivity index (χ1n) is 6.27. The van der Waals surface area contributed by atoms with E-state index in [9.17, 15) is 9.59 Å². The lowest BCUT2D eigenvalue weighted by molar-refractivity contribution is -0.119. The van der Waals surface area contributed by atoms with Crippen LogP contribution in [0.2, 0.25) is 0 Å². The van der Waals surface area contributed by atoms with Gasteiger partial charge in [-0.3, -0.25) is 4.79 Å². The van der Waals surface area contributed by atoms with Gasteiger partial charge >= 0.3 is 6.03 Å². The van der Waals surface area contributed by atoms with Crippen LogP contribution in [0.1, 0.15) is 19.3 Å². The molecule has 0 spiro atoms. The summed E-state index contributed by atoms with van der Waals surface area (Å²) in [4.78, 5) is 22.8. The maximum atomic E-state index is 12.0. The second kappa shape index (κ2) is 5.71. The van der Waals surface area contributed by atoms with Gasteiger partial charge in [-0.2, -0.15) is 0 Å². The summed E-state index contributed by atoms with van der Waals surface area (Å²) in [7, 11) is 0. The Hall–Kier alpha value is -2.08. The highest BCUT2D eigenvalue weighted by Gasteiger charge is 2.27. The predicted molar refractivity (Wildman–Crippen MR) is 73.6 cm³/mol. The average molecular weight is 262 g/mol. The van der Waals surface area contributed by atoms with E-state index in [1.807, 2.05) is 0 Å². The third-order valence-electron chi connectivity index (χ3n) is 3.24. The Morgan fingerprint density at radius 2 is 1.84 bits per heavy atom. The molecule has 1 fully saturated rings. The molecule has 0 saturated heterocycles. The fourth-order valence-corrected chi connectivity index (χ4v) is 2.32. The summed E-state index contributed by atoms with van der Waals surface area (Å²) in [5.41, 5.74) is 12.0. The Labute approximate surface area is 111 Å². The van der Waals surface area contributed by atoms with Crippen LogP contribution in [0.4, 0.5) is 16.2 Å². The van der Waals surface area contributed by atoms with Crippen LogP contribution < -0.4 is 22.1 Å². The molecule has 1 aromatic rings. The number of primary amides is 1. The maximum absolute atomic E-state index is 12.0. The number of rotatable bonds is 3. The van der Waals surface area contributed by atoms with Gasteiger partial charge in [0.1, 0.15) is 0 Å². The van der Waals surface area contributed by atoms with Gasteiger partial charge < -0.3 is 22.1 Å². The van der Waals surface area contributed by atoms with E-state index in [1.54, 1.807) is 24.3 Å². The first kappa shape index (κ1) is 13.4. The monoisotopic (exact) mass is 262 g/mol. The molecule has 1 aromatic carbocycles. The summed E-state index contributed by atoms with van der Waals surface area (Å²) < 4.78 is 0. The average Bonchev–Trinajstić information content (AvgIpc) is 2.75. The van der Waals surface area contributed by atoms with Gasteiger partial charge in [0.15, 0.2) is 0 Å². The molecule has 0 aromatic heterocycles. The van der Waals surface area contributed by atoms with Gasteiger partial charge in [0.25, 0.3) is 0 Å². The zero-order chi connectivity index (χ0) is 13.8. The molecule has 6 N–H and O–H groups in total. The van der Waals surface area contributed by atoms with Crippen molar-refractivity contribution in [2.45, 2.75) is 25.3 Å². The van der Waals surface area contributed by atoms with Crippen molar-refractivity contribution in [3.05, 3.63) is 24.3 Å². The molecule has 102 valence electrons. The van der Waals surface area contributed by atoms with Crippen LogP contribution in [0.3, 0.4) is 0 Å². The quantitative estimate of drug-likeness (QED) is 0.657. The lowest BCUT2D eigenvalue weighted by atomic mass is 10.1. The molecule has 1 saturated carbocycles. The minimum Gasteiger partial charge on any atom is -0.351 e. The summed E-state index contributed by atoms with van der Waals surface area (Å²) in [6.07, 6.45) is 2.44. The maximum Gasteiger partial charge on any atom is 0.316 e. The number of nitrogens with two attached hydrogens (primary N) is 2. The van der Waals surface area contributed by atoms with Crippen LogP contribution in [-0.4, -0.2) is 18.0 Å². The van der Waals surface area contributed by atoms with Crippen LogP contribution in [0.5, 0.6) is 0 Å². The number of urea groups is 1. The van der Waals surface area contributed by atoms with Gasteiger partial charge in [0.2, 0.25) is 5.91 Å². The highest BCUT2D eigenvalue weighted by Crippen LogP contribution is 2.26. The van der Waals surface area contributed by atoms with E-state index in [4.69, 9.17) is 11.5 Å². The molecule has 0 aliphatic heterocycles. The summed E-state index contributed by atoms with van der Waals surface area (Å²) in [5.74, 6) is -0.0491. The van der Waals surface area contributed by atoms with Crippen LogP contribution in [0.15, 0.2) is 24.3 Å². The Morgan fingerprint density at radius 3 is 2.42 bits per heavy atom. The number of nitrogens with one attached hydrogen (secondary N) is 2. The van der Waals surface area contributed by atoms with E-state index in [2.05, 4.69) is 10.6 Å². The van der Waals surface area contributed by atoms with Crippen LogP contribution in [-0.2, 0) is 4.79 Å². The molecular weight excluding hydrogens is 244 g/mol. The van der Waals surface area contributed by atoms with E-state index < -0.39 is 6.03 Å². The fourth-order valence-electron chi connectivity index (χ4n) is 2.32. The topological polar surface area (TPSA) is 110 Å². The molecule has 1 aliphatic rings. The fraction of sp³-hybridized carbons (Fsp3) is 0.385. The number of hydrogen-bond donors (Lipinski definition) is 4. The van der Waals surface area contributed by atoms with Gasteiger partial charge in [0.05, 0.1) is 0 Å². The van der Waals surface area contributed by atoms with E-state index >= 15 is 0 Å². The Kier molecular flexibility index (Phi) is 4.01. The van der Waals surface area contributed by atoms with Crippen LogP contribution >= 0.6 is 0 Å². The van der Waals surface area contributed by atoms with Crippen LogP contribution in [0.25, 0.3) is 0 Å². The smallest absolute Gasteiger partial charge is 0.316 e. The van der Waals surface area contributed by atoms with E-state index in [1.165, 1.54) is 0 Å². The number of anilines is 2. The van der Waals surface area contributed by atoms with Gasteiger partial charge in [-0.15, -0.1) is 0 Å². The van der Waals surface area contributed by atoms with Gasteiger partial charge in [-0.25, -0.2) is 4.79 Å². The number of carbonyl (C=O) groups is 2. The summed E-state index contributed by atoms with van der Waals surface area (Å²) in [5, 5.41) is 5.29. The molecule has 0 bridgehead atoms. The Morgan fingerprint density at radius 1 is 1.16 bits per heavy atom. The molecule has 3 amide bonds. The molecule has 2 rings (SSSR count). The highest BCUT2D eigenvalue weighted by molar-refractivity contribution is 5.94. The van der Waals surface area contributed by atoms with Gasteiger partial charge in [0, 0.05) is 23.3 Å². The van der Waals surface area contributed by atoms with Gasteiger partial charge in [-0.05, 0) is 37.5 Å². The van der Waals surface area contributed by atoms with Crippen molar-refractivity contribution in [1.29, 1.82) is 0 Å². The number of hydrogen-bond acceptors (Lipinski definition) is 3. The molecule has 1 aliphatic carbocycles. The van der Waals surface area contributed by atoms with Crippen molar-refractivity contribution >= 4 is 23.3 Å². The largest absolute Gasteiger partial charge is 0.351 e. The third kappa shape index (κ3) is 3.69. The second-order valence-corrected chi connectivity index (χ2v) is 4.83. The van der Waals surface area contributed by atoms with Crippen molar-refractivity contribution < 1.29 is 9.59 Å². The van der Waals surface area contributed by atoms with Crippen molar-refractivity contribution in [1.82, 2.24) is 0 Å². The van der Waals surface area contributed by atoms with E-state index in [-0.39, 0.29) is 17.9 Å². The summed E-state index contributed by atoms with van der Waals surface area (Å²) >= 11 is 0. The number of benzene rings is 1. The Bertz CT molecular complexity index is 489. The lowest BCUT2D eigenvalue weighted by Crippen LogP contribution is -2.23. The molecule has 2 atom stereocenters. The highest BCUT2D eigenvalue weighted by atomic mass is 16.2. The standard InChI is InChI=1S/C13H18N4O2/c14-9-5-4-8(6-9)12(18)16-10-2-1-3-11(7-10)17-13(15)19/h1-3,7-9H,4-6,14H2,(H,16,18)(H3,15,17,19). The summed E-state index contributed by atoms with van der Waals surface area (Å²) in [6.45, 7) is 0. The first-order chi connectivity index (χ1) is 9.04. The molecular formula is C13H18N4O2. The van der Waals surface area contributed by atoms with E-state index in [0.29, 0.717) is 11.4 Å². The second-order valence-electron chi connectivity index (χ2n) is 4.83. The minimum absolute atomic E-state index is 0.0239. The van der Waals surface area contributed by atoms with Crippen molar-refractivity contribution in [3.8, 4) is 0 Å². The molecule has 0 heterocycles. The SMILES string of the molecule is NC(=O)Nc1cccc(NC(=O)C2CCC(N)C2)c1.